The van der Waals surface area contributed by atoms with Gasteiger partial charge in [0.1, 0.15) is 5.00 Å². The van der Waals surface area contributed by atoms with Crippen molar-refractivity contribution < 1.29 is 14.3 Å². The van der Waals surface area contributed by atoms with Crippen molar-refractivity contribution in [2.75, 3.05) is 11.9 Å². The Labute approximate surface area is 167 Å². The third-order valence-corrected chi connectivity index (χ3v) is 5.49. The molecule has 0 spiro atoms. The Morgan fingerprint density at radius 2 is 2.00 bits per heavy atom. The van der Waals surface area contributed by atoms with E-state index in [0.717, 1.165) is 17.0 Å². The molecule has 0 saturated carbocycles. The Morgan fingerprint density at radius 3 is 2.68 bits per heavy atom. The Hall–Kier alpha value is -2.74. The zero-order valence-electron chi connectivity index (χ0n) is 16.7. The second kappa shape index (κ2) is 8.10. The minimum Gasteiger partial charge on any atom is -0.462 e. The van der Waals surface area contributed by atoms with E-state index < -0.39 is 5.97 Å². The quantitative estimate of drug-likeness (QED) is 0.615. The minimum absolute atomic E-state index is 0.179. The second-order valence-corrected chi connectivity index (χ2v) is 7.93. The number of aromatic nitrogens is 3. The van der Waals surface area contributed by atoms with Crippen LogP contribution in [0.1, 0.15) is 64.5 Å². The van der Waals surface area contributed by atoms with Crippen LogP contribution >= 0.6 is 11.3 Å². The van der Waals surface area contributed by atoms with Crippen LogP contribution in [0.4, 0.5) is 5.00 Å². The van der Waals surface area contributed by atoms with E-state index in [1.54, 1.807) is 25.3 Å². The van der Waals surface area contributed by atoms with Gasteiger partial charge in [0.25, 0.3) is 5.91 Å². The maximum absolute atomic E-state index is 13.0. The van der Waals surface area contributed by atoms with Crippen LogP contribution in [0.3, 0.4) is 0 Å². The normalized spacial score (nSPS) is 12.2. The monoisotopic (exact) mass is 400 g/mol. The third-order valence-electron chi connectivity index (χ3n) is 4.53. The number of pyridine rings is 1. The highest BCUT2D eigenvalue weighted by Gasteiger charge is 2.21. The summed E-state index contributed by atoms with van der Waals surface area (Å²) in [5, 5.41) is 8.48. The number of thiophene rings is 1. The lowest BCUT2D eigenvalue weighted by Gasteiger charge is -2.11. The highest BCUT2D eigenvalue weighted by Crippen LogP contribution is 2.30. The Morgan fingerprint density at radius 1 is 1.25 bits per heavy atom. The van der Waals surface area contributed by atoms with Crippen LogP contribution in [-0.2, 0) is 4.74 Å². The summed E-state index contributed by atoms with van der Waals surface area (Å²) in [6.07, 6.45) is 2.58. The van der Waals surface area contributed by atoms with Crippen molar-refractivity contribution in [2.45, 2.75) is 47.1 Å². The third kappa shape index (κ3) is 3.77. The first-order valence-corrected chi connectivity index (χ1v) is 10.1. The summed E-state index contributed by atoms with van der Waals surface area (Å²) >= 11 is 1.35. The Balaban J connectivity index is 1.99. The summed E-state index contributed by atoms with van der Waals surface area (Å²) in [7, 11) is 0. The van der Waals surface area contributed by atoms with Gasteiger partial charge >= 0.3 is 5.97 Å². The maximum Gasteiger partial charge on any atom is 0.341 e. The standard InChI is InChI=1S/C20H24N4O3S/c1-6-12(4)24-17-16(10-21-24)14(8-11(3)22-17)18(25)23-19-15(9-13(5)28-19)20(26)27-7-2/h8-10,12H,6-7H2,1-5H3,(H,23,25). The van der Waals surface area contributed by atoms with Gasteiger partial charge in [-0.1, -0.05) is 6.92 Å². The highest BCUT2D eigenvalue weighted by molar-refractivity contribution is 7.16. The fraction of sp³-hybridized carbons (Fsp3) is 0.400. The summed E-state index contributed by atoms with van der Waals surface area (Å²) in [5.74, 6) is -0.741. The molecular weight excluding hydrogens is 376 g/mol. The van der Waals surface area contributed by atoms with E-state index in [2.05, 4.69) is 29.2 Å². The van der Waals surface area contributed by atoms with Crippen molar-refractivity contribution in [3.05, 3.63) is 40.0 Å². The molecule has 0 fully saturated rings. The van der Waals surface area contributed by atoms with Crippen LogP contribution in [0.25, 0.3) is 11.0 Å². The predicted octanol–water partition coefficient (Wildman–Crippen LogP) is 4.51. The number of nitrogens with one attached hydrogen (secondary N) is 1. The first-order chi connectivity index (χ1) is 13.3. The molecule has 3 rings (SSSR count). The number of carbonyl (C=O) groups excluding carboxylic acids is 2. The van der Waals surface area contributed by atoms with Crippen LogP contribution in [0.5, 0.6) is 0 Å². The lowest BCUT2D eigenvalue weighted by Crippen LogP contribution is -2.15. The first kappa shape index (κ1) is 20.0. The molecule has 0 bridgehead atoms. The molecule has 3 aromatic heterocycles. The van der Waals surface area contributed by atoms with Crippen LogP contribution in [-0.4, -0.2) is 33.2 Å². The molecule has 0 radical (unpaired) electrons. The summed E-state index contributed by atoms with van der Waals surface area (Å²) in [6, 6.07) is 3.65. The van der Waals surface area contributed by atoms with E-state index in [9.17, 15) is 9.59 Å². The SMILES string of the molecule is CCOC(=O)c1cc(C)sc1NC(=O)c1cc(C)nc2c1cnn2C(C)CC. The number of amides is 1. The fourth-order valence-corrected chi connectivity index (χ4v) is 3.86. The van der Waals surface area contributed by atoms with E-state index in [4.69, 9.17) is 4.74 Å². The van der Waals surface area contributed by atoms with E-state index in [0.29, 0.717) is 27.2 Å². The van der Waals surface area contributed by atoms with Gasteiger partial charge < -0.3 is 10.1 Å². The van der Waals surface area contributed by atoms with E-state index in [-0.39, 0.29) is 18.6 Å². The number of aryl methyl sites for hydroxylation is 2. The van der Waals surface area contributed by atoms with E-state index >= 15 is 0 Å². The zero-order valence-corrected chi connectivity index (χ0v) is 17.5. The Kier molecular flexibility index (Phi) is 5.79. The summed E-state index contributed by atoms with van der Waals surface area (Å²) in [6.45, 7) is 9.91. The van der Waals surface area contributed by atoms with Gasteiger partial charge in [-0.05, 0) is 46.2 Å². The number of fused-ring (bicyclic) bond motifs is 1. The van der Waals surface area contributed by atoms with Crippen molar-refractivity contribution in [1.29, 1.82) is 0 Å². The molecule has 1 atom stereocenters. The van der Waals surface area contributed by atoms with Gasteiger partial charge in [-0.15, -0.1) is 11.3 Å². The topological polar surface area (TPSA) is 86.1 Å². The number of carbonyl (C=O) groups is 2. The molecule has 0 aliphatic heterocycles. The molecule has 3 aromatic rings. The maximum atomic E-state index is 13.0. The number of hydrogen-bond acceptors (Lipinski definition) is 6. The average molecular weight is 401 g/mol. The molecule has 8 heteroatoms. The molecule has 1 N–H and O–H groups in total. The molecule has 1 unspecified atom stereocenters. The molecule has 28 heavy (non-hydrogen) atoms. The molecule has 3 heterocycles. The van der Waals surface area contributed by atoms with Crippen molar-refractivity contribution in [2.24, 2.45) is 0 Å². The van der Waals surface area contributed by atoms with Crippen molar-refractivity contribution >= 4 is 39.2 Å². The van der Waals surface area contributed by atoms with Gasteiger partial charge in [-0.2, -0.15) is 5.10 Å². The van der Waals surface area contributed by atoms with E-state index in [1.165, 1.54) is 11.3 Å². The molecule has 0 aliphatic rings. The smallest absolute Gasteiger partial charge is 0.341 e. The van der Waals surface area contributed by atoms with Gasteiger partial charge in [-0.3, -0.25) is 4.79 Å². The average Bonchev–Trinajstić information content (AvgIpc) is 3.23. The summed E-state index contributed by atoms with van der Waals surface area (Å²) in [4.78, 5) is 30.7. The van der Waals surface area contributed by atoms with Crippen molar-refractivity contribution in [3.8, 4) is 0 Å². The van der Waals surface area contributed by atoms with Crippen LogP contribution < -0.4 is 5.32 Å². The van der Waals surface area contributed by atoms with Crippen molar-refractivity contribution in [3.63, 3.8) is 0 Å². The van der Waals surface area contributed by atoms with E-state index in [1.807, 2.05) is 18.5 Å². The molecule has 0 saturated heterocycles. The zero-order chi connectivity index (χ0) is 20.4. The lowest BCUT2D eigenvalue weighted by atomic mass is 10.1. The van der Waals surface area contributed by atoms with Crippen LogP contribution in [0.2, 0.25) is 0 Å². The number of nitrogens with zero attached hydrogens (tertiary/aromatic N) is 3. The molecular formula is C20H24N4O3S. The van der Waals surface area contributed by atoms with Crippen LogP contribution in [0, 0.1) is 13.8 Å². The second-order valence-electron chi connectivity index (χ2n) is 6.67. The van der Waals surface area contributed by atoms with Gasteiger partial charge in [0.15, 0.2) is 5.65 Å². The molecule has 0 aromatic carbocycles. The van der Waals surface area contributed by atoms with Crippen molar-refractivity contribution in [1.82, 2.24) is 14.8 Å². The largest absolute Gasteiger partial charge is 0.462 e. The van der Waals surface area contributed by atoms with Gasteiger partial charge in [0.05, 0.1) is 35.4 Å². The summed E-state index contributed by atoms with van der Waals surface area (Å²) in [5.41, 5.74) is 2.27. The molecule has 1 amide bonds. The summed E-state index contributed by atoms with van der Waals surface area (Å²) < 4.78 is 6.94. The van der Waals surface area contributed by atoms with Gasteiger partial charge in [0.2, 0.25) is 0 Å². The highest BCUT2D eigenvalue weighted by atomic mass is 32.1. The molecule has 148 valence electrons. The first-order valence-electron chi connectivity index (χ1n) is 9.29. The number of esters is 1. The minimum atomic E-state index is -0.442. The Bertz CT molecular complexity index is 1040. The number of anilines is 1. The number of ether oxygens (including phenoxy) is 1. The van der Waals surface area contributed by atoms with Gasteiger partial charge in [-0.25, -0.2) is 14.5 Å². The molecule has 0 aliphatic carbocycles. The lowest BCUT2D eigenvalue weighted by molar-refractivity contribution is 0.0528. The fourth-order valence-electron chi connectivity index (χ4n) is 2.96. The van der Waals surface area contributed by atoms with Crippen LogP contribution in [0.15, 0.2) is 18.3 Å². The predicted molar refractivity (Wildman–Crippen MR) is 110 cm³/mol. The number of hydrogen-bond donors (Lipinski definition) is 1. The molecule has 7 nitrogen and oxygen atoms in total. The number of rotatable bonds is 6. The van der Waals surface area contributed by atoms with Gasteiger partial charge in [0, 0.05) is 10.6 Å².